The molecule has 0 N–H and O–H groups in total. The minimum absolute atomic E-state index is 0.192. The van der Waals surface area contributed by atoms with Gasteiger partial charge in [0.25, 0.3) is 0 Å². The van der Waals surface area contributed by atoms with Crippen LogP contribution in [0.15, 0.2) is 45.5 Å². The van der Waals surface area contributed by atoms with Crippen LogP contribution < -0.4 is 0 Å². The molecule has 4 nitrogen and oxygen atoms in total. The Morgan fingerprint density at radius 3 is 2.72 bits per heavy atom. The number of aromatic nitrogens is 2. The Balaban J connectivity index is 2.02. The normalized spacial score (nSPS) is 12.3. The standard InChI is InChI=1S/C18H17BrN2O2S2/c1-3-14(18(22)23-4-2)25-17-15-13(9-24-16(15)20-10-21-17)11-5-7-12(19)8-6-11/h5-10,14H,3-4H2,1-2H3/t14-/m1/s1. The van der Waals surface area contributed by atoms with E-state index in [1.165, 1.54) is 11.8 Å². The third-order valence-corrected chi connectivity index (χ3v) is 6.42. The molecule has 0 spiro atoms. The highest BCUT2D eigenvalue weighted by Crippen LogP contribution is 2.39. The first kappa shape index (κ1) is 18.4. The molecule has 0 radical (unpaired) electrons. The average molecular weight is 437 g/mol. The van der Waals surface area contributed by atoms with Crippen molar-refractivity contribution in [2.24, 2.45) is 0 Å². The first-order valence-electron chi connectivity index (χ1n) is 7.95. The molecule has 0 amide bonds. The summed E-state index contributed by atoms with van der Waals surface area (Å²) in [4.78, 5) is 21.9. The predicted octanol–water partition coefficient (Wildman–Crippen LogP) is 5.55. The number of esters is 1. The van der Waals surface area contributed by atoms with Crippen molar-refractivity contribution in [3.63, 3.8) is 0 Å². The molecule has 25 heavy (non-hydrogen) atoms. The fourth-order valence-electron chi connectivity index (χ4n) is 2.45. The van der Waals surface area contributed by atoms with E-state index in [4.69, 9.17) is 4.74 Å². The Labute approximate surface area is 163 Å². The summed E-state index contributed by atoms with van der Waals surface area (Å²) < 4.78 is 6.22. The third kappa shape index (κ3) is 4.04. The Bertz CT molecular complexity index is 880. The van der Waals surface area contributed by atoms with E-state index in [2.05, 4.69) is 43.4 Å². The molecule has 0 aliphatic heterocycles. The van der Waals surface area contributed by atoms with Gasteiger partial charge in [-0.15, -0.1) is 11.3 Å². The smallest absolute Gasteiger partial charge is 0.319 e. The van der Waals surface area contributed by atoms with Crippen LogP contribution in [0.5, 0.6) is 0 Å². The summed E-state index contributed by atoms with van der Waals surface area (Å²) in [6.45, 7) is 4.19. The number of rotatable bonds is 6. The third-order valence-electron chi connectivity index (χ3n) is 3.66. The highest BCUT2D eigenvalue weighted by atomic mass is 79.9. The summed E-state index contributed by atoms with van der Waals surface area (Å²) in [6.07, 6.45) is 2.25. The number of carbonyl (C=O) groups excluding carboxylic acids is 1. The molecule has 2 aromatic heterocycles. The molecule has 2 heterocycles. The fourth-order valence-corrected chi connectivity index (χ4v) is 4.72. The molecule has 0 bridgehead atoms. The van der Waals surface area contributed by atoms with E-state index in [0.717, 1.165) is 30.8 Å². The lowest BCUT2D eigenvalue weighted by Crippen LogP contribution is -2.19. The average Bonchev–Trinajstić information content (AvgIpc) is 3.05. The van der Waals surface area contributed by atoms with Crippen molar-refractivity contribution >= 4 is 55.2 Å². The van der Waals surface area contributed by atoms with Crippen LogP contribution in [0.4, 0.5) is 0 Å². The number of nitrogens with zero attached hydrogens (tertiary/aromatic N) is 2. The molecule has 1 aromatic carbocycles. The second kappa shape index (κ2) is 8.29. The maximum Gasteiger partial charge on any atom is 0.319 e. The minimum atomic E-state index is -0.268. The van der Waals surface area contributed by atoms with Crippen LogP contribution in [0.25, 0.3) is 21.3 Å². The first-order chi connectivity index (χ1) is 12.1. The van der Waals surface area contributed by atoms with Gasteiger partial charge >= 0.3 is 5.97 Å². The number of fused-ring (bicyclic) bond motifs is 1. The molecule has 7 heteroatoms. The van der Waals surface area contributed by atoms with Crippen LogP contribution in [-0.2, 0) is 9.53 Å². The summed E-state index contributed by atoms with van der Waals surface area (Å²) in [6, 6.07) is 8.16. The van der Waals surface area contributed by atoms with Crippen molar-refractivity contribution < 1.29 is 9.53 Å². The fraction of sp³-hybridized carbons (Fsp3) is 0.278. The maximum absolute atomic E-state index is 12.2. The van der Waals surface area contributed by atoms with E-state index < -0.39 is 0 Å². The van der Waals surface area contributed by atoms with Crippen molar-refractivity contribution in [2.45, 2.75) is 30.5 Å². The summed E-state index contributed by atoms with van der Waals surface area (Å²) in [5.74, 6) is -0.192. The van der Waals surface area contributed by atoms with Gasteiger partial charge in [-0.05, 0) is 31.0 Å². The van der Waals surface area contributed by atoms with Gasteiger partial charge in [0.15, 0.2) is 0 Å². The van der Waals surface area contributed by atoms with Crippen LogP contribution in [0, 0.1) is 0 Å². The van der Waals surface area contributed by atoms with Gasteiger partial charge < -0.3 is 4.74 Å². The van der Waals surface area contributed by atoms with Gasteiger partial charge in [-0.25, -0.2) is 9.97 Å². The summed E-state index contributed by atoms with van der Waals surface area (Å²) in [5, 5.41) is 3.65. The number of ether oxygens (including phenoxy) is 1. The Morgan fingerprint density at radius 2 is 2.04 bits per heavy atom. The van der Waals surface area contributed by atoms with Gasteiger partial charge in [-0.2, -0.15) is 0 Å². The minimum Gasteiger partial charge on any atom is -0.465 e. The van der Waals surface area contributed by atoms with Gasteiger partial charge in [-0.3, -0.25) is 4.79 Å². The molecule has 130 valence electrons. The number of thioether (sulfide) groups is 1. The second-order valence-corrected chi connectivity index (χ2v) is 8.25. The monoisotopic (exact) mass is 436 g/mol. The second-order valence-electron chi connectivity index (χ2n) is 5.28. The van der Waals surface area contributed by atoms with E-state index in [-0.39, 0.29) is 11.2 Å². The molecular weight excluding hydrogens is 420 g/mol. The van der Waals surface area contributed by atoms with Gasteiger partial charge in [0.1, 0.15) is 21.4 Å². The lowest BCUT2D eigenvalue weighted by molar-refractivity contribution is -0.142. The number of thiophene rings is 1. The zero-order valence-corrected chi connectivity index (χ0v) is 17.1. The summed E-state index contributed by atoms with van der Waals surface area (Å²) in [5.41, 5.74) is 2.20. The number of benzene rings is 1. The first-order valence-corrected chi connectivity index (χ1v) is 10.5. The number of hydrogen-bond acceptors (Lipinski definition) is 6. The zero-order valence-electron chi connectivity index (χ0n) is 13.9. The van der Waals surface area contributed by atoms with E-state index in [1.807, 2.05) is 26.0 Å². The lowest BCUT2D eigenvalue weighted by Gasteiger charge is -2.13. The SMILES string of the molecule is CCOC(=O)[C@@H](CC)Sc1ncnc2scc(-c3ccc(Br)cc3)c12. The molecule has 0 unspecified atom stereocenters. The van der Waals surface area contributed by atoms with Crippen LogP contribution in [0.2, 0.25) is 0 Å². The highest BCUT2D eigenvalue weighted by Gasteiger charge is 2.22. The lowest BCUT2D eigenvalue weighted by atomic mass is 10.1. The predicted molar refractivity (Wildman–Crippen MR) is 107 cm³/mol. The molecular formula is C18H17BrN2O2S2. The zero-order chi connectivity index (χ0) is 17.8. The van der Waals surface area contributed by atoms with Crippen LogP contribution >= 0.6 is 39.0 Å². The molecule has 0 aliphatic rings. The topological polar surface area (TPSA) is 52.1 Å². The number of carbonyl (C=O) groups is 1. The van der Waals surface area contributed by atoms with E-state index >= 15 is 0 Å². The number of halogens is 1. The van der Waals surface area contributed by atoms with Crippen molar-refractivity contribution in [1.29, 1.82) is 0 Å². The van der Waals surface area contributed by atoms with E-state index in [1.54, 1.807) is 17.7 Å². The van der Waals surface area contributed by atoms with Gasteiger partial charge in [-0.1, -0.05) is 46.7 Å². The van der Waals surface area contributed by atoms with E-state index in [0.29, 0.717) is 13.0 Å². The summed E-state index contributed by atoms with van der Waals surface area (Å²) >= 11 is 6.51. The molecule has 0 fully saturated rings. The van der Waals surface area contributed by atoms with Crippen LogP contribution in [-0.4, -0.2) is 27.8 Å². The molecule has 0 aliphatic carbocycles. The molecule has 3 rings (SSSR count). The molecule has 3 aromatic rings. The van der Waals surface area contributed by atoms with Crippen molar-refractivity contribution in [3.05, 3.63) is 40.4 Å². The van der Waals surface area contributed by atoms with Crippen molar-refractivity contribution in [1.82, 2.24) is 9.97 Å². The Morgan fingerprint density at radius 1 is 1.28 bits per heavy atom. The largest absolute Gasteiger partial charge is 0.465 e. The van der Waals surface area contributed by atoms with Crippen molar-refractivity contribution in [3.8, 4) is 11.1 Å². The Hall–Kier alpha value is -1.44. The van der Waals surface area contributed by atoms with Crippen LogP contribution in [0.1, 0.15) is 20.3 Å². The highest BCUT2D eigenvalue weighted by molar-refractivity contribution is 9.10. The van der Waals surface area contributed by atoms with Gasteiger partial charge in [0.2, 0.25) is 0 Å². The van der Waals surface area contributed by atoms with Crippen LogP contribution in [0.3, 0.4) is 0 Å². The summed E-state index contributed by atoms with van der Waals surface area (Å²) in [7, 11) is 0. The quantitative estimate of drug-likeness (QED) is 0.287. The molecule has 0 saturated heterocycles. The van der Waals surface area contributed by atoms with Crippen molar-refractivity contribution in [2.75, 3.05) is 6.61 Å². The van der Waals surface area contributed by atoms with Gasteiger partial charge in [0, 0.05) is 15.4 Å². The Kier molecular flexibility index (Phi) is 6.09. The maximum atomic E-state index is 12.2. The number of hydrogen-bond donors (Lipinski definition) is 0. The van der Waals surface area contributed by atoms with Gasteiger partial charge in [0.05, 0.1) is 12.0 Å². The molecule has 1 atom stereocenters. The van der Waals surface area contributed by atoms with E-state index in [9.17, 15) is 4.79 Å². The molecule has 0 saturated carbocycles.